The Morgan fingerprint density at radius 2 is 1.91 bits per heavy atom. The van der Waals surface area contributed by atoms with E-state index in [-0.39, 0.29) is 4.90 Å². The molecule has 8 heteroatoms. The van der Waals surface area contributed by atoms with Gasteiger partial charge in [0.25, 0.3) is 0 Å². The van der Waals surface area contributed by atoms with E-state index < -0.39 is 16.3 Å². The summed E-state index contributed by atoms with van der Waals surface area (Å²) in [5.41, 5.74) is 2.17. The Labute approximate surface area is 129 Å². The summed E-state index contributed by atoms with van der Waals surface area (Å²) >= 11 is 0. The lowest BCUT2D eigenvalue weighted by atomic mass is 10.1. The molecule has 1 aromatic heterocycles. The summed E-state index contributed by atoms with van der Waals surface area (Å²) in [5.74, 6) is 0. The molecular weight excluding hydrogens is 304 g/mol. The molecule has 1 aromatic carbocycles. The Morgan fingerprint density at radius 3 is 2.45 bits per heavy atom. The summed E-state index contributed by atoms with van der Waals surface area (Å²) in [6.07, 6.45) is 2.85. The van der Waals surface area contributed by atoms with Crippen LogP contribution in [0.2, 0.25) is 0 Å². The van der Waals surface area contributed by atoms with Gasteiger partial charge < -0.3 is 5.11 Å². The van der Waals surface area contributed by atoms with E-state index in [0.29, 0.717) is 18.7 Å². The predicted molar refractivity (Wildman–Crippen MR) is 81.3 cm³/mol. The van der Waals surface area contributed by atoms with Crippen LogP contribution in [0.3, 0.4) is 0 Å². The zero-order valence-corrected chi connectivity index (χ0v) is 12.9. The van der Waals surface area contributed by atoms with Crippen molar-refractivity contribution in [1.29, 1.82) is 0 Å². The maximum absolute atomic E-state index is 11.1. The van der Waals surface area contributed by atoms with Crippen LogP contribution in [0.5, 0.6) is 0 Å². The molecule has 0 fully saturated rings. The third-order valence-electron chi connectivity index (χ3n) is 3.08. The summed E-state index contributed by atoms with van der Waals surface area (Å²) in [6.45, 7) is 2.33. The minimum Gasteiger partial charge on any atom is -0.373 e. The molecule has 0 amide bonds. The molecule has 0 saturated heterocycles. The van der Waals surface area contributed by atoms with Crippen LogP contribution in [0.25, 0.3) is 0 Å². The van der Waals surface area contributed by atoms with E-state index in [0.717, 1.165) is 11.3 Å². The monoisotopic (exact) mass is 322 g/mol. The van der Waals surface area contributed by atoms with Gasteiger partial charge in [-0.05, 0) is 31.0 Å². The number of rotatable bonds is 6. The highest BCUT2D eigenvalue weighted by molar-refractivity contribution is 7.89. The van der Waals surface area contributed by atoms with Gasteiger partial charge in [0.15, 0.2) is 0 Å². The normalized spacial score (nSPS) is 13.0. The van der Waals surface area contributed by atoms with E-state index in [9.17, 15) is 13.5 Å². The number of benzene rings is 1. The number of aliphatic hydroxyl groups is 1. The standard InChI is InChI=1S/C14H18N4O3S/c1-10-8-18-13(9-17-10)14(19)16-7-6-11-2-4-12(5-3-11)22(15,20)21/h2-5,8-9,14,16,19H,6-7H2,1H3,(H2,15,20,21). The van der Waals surface area contributed by atoms with Crippen LogP contribution in [0.4, 0.5) is 0 Å². The molecule has 2 rings (SSSR count). The molecule has 0 aliphatic carbocycles. The summed E-state index contributed by atoms with van der Waals surface area (Å²) < 4.78 is 22.3. The molecule has 0 aliphatic heterocycles. The average Bonchev–Trinajstić information content (AvgIpc) is 2.47. The van der Waals surface area contributed by atoms with Crippen LogP contribution in [0.1, 0.15) is 23.2 Å². The number of sulfonamides is 1. The number of hydrogen-bond donors (Lipinski definition) is 3. The molecule has 2 aromatic rings. The Balaban J connectivity index is 1.87. The van der Waals surface area contributed by atoms with Crippen molar-refractivity contribution in [2.24, 2.45) is 5.14 Å². The van der Waals surface area contributed by atoms with Crippen LogP contribution in [-0.4, -0.2) is 30.0 Å². The minimum absolute atomic E-state index is 0.0826. The lowest BCUT2D eigenvalue weighted by Gasteiger charge is -2.12. The first kappa shape index (κ1) is 16.5. The minimum atomic E-state index is -3.66. The van der Waals surface area contributed by atoms with Crippen molar-refractivity contribution >= 4 is 10.0 Å². The van der Waals surface area contributed by atoms with Gasteiger partial charge in [0.1, 0.15) is 11.9 Å². The predicted octanol–water partition coefficient (Wildman–Crippen LogP) is 0.256. The average molecular weight is 322 g/mol. The number of nitrogens with one attached hydrogen (secondary N) is 1. The van der Waals surface area contributed by atoms with Crippen LogP contribution < -0.4 is 10.5 Å². The third-order valence-corrected chi connectivity index (χ3v) is 4.01. The summed E-state index contributed by atoms with van der Waals surface area (Å²) in [5, 5.41) is 17.9. The highest BCUT2D eigenvalue weighted by atomic mass is 32.2. The second kappa shape index (κ2) is 6.93. The molecule has 1 atom stereocenters. The molecule has 22 heavy (non-hydrogen) atoms. The van der Waals surface area contributed by atoms with Gasteiger partial charge in [0, 0.05) is 12.7 Å². The maximum Gasteiger partial charge on any atom is 0.238 e. The van der Waals surface area contributed by atoms with E-state index in [1.165, 1.54) is 18.3 Å². The van der Waals surface area contributed by atoms with Crippen molar-refractivity contribution in [3.05, 3.63) is 53.6 Å². The van der Waals surface area contributed by atoms with Crippen molar-refractivity contribution in [3.63, 3.8) is 0 Å². The summed E-state index contributed by atoms with van der Waals surface area (Å²) in [6, 6.07) is 6.32. The molecule has 0 saturated carbocycles. The number of hydrogen-bond acceptors (Lipinski definition) is 6. The SMILES string of the molecule is Cc1cnc(C(O)NCCc2ccc(S(N)(=O)=O)cc2)cn1. The Hall–Kier alpha value is -1.87. The highest BCUT2D eigenvalue weighted by Gasteiger charge is 2.09. The topological polar surface area (TPSA) is 118 Å². The first-order valence-corrected chi connectivity index (χ1v) is 8.22. The fourth-order valence-electron chi connectivity index (χ4n) is 1.85. The molecule has 0 bridgehead atoms. The maximum atomic E-state index is 11.1. The smallest absolute Gasteiger partial charge is 0.238 e. The van der Waals surface area contributed by atoms with E-state index in [4.69, 9.17) is 5.14 Å². The van der Waals surface area contributed by atoms with Crippen LogP contribution in [0, 0.1) is 6.92 Å². The van der Waals surface area contributed by atoms with Crippen molar-refractivity contribution in [2.75, 3.05) is 6.54 Å². The van der Waals surface area contributed by atoms with E-state index in [1.54, 1.807) is 18.3 Å². The van der Waals surface area contributed by atoms with Gasteiger partial charge in [-0.3, -0.25) is 15.3 Å². The Morgan fingerprint density at radius 1 is 1.23 bits per heavy atom. The van der Waals surface area contributed by atoms with Gasteiger partial charge >= 0.3 is 0 Å². The largest absolute Gasteiger partial charge is 0.373 e. The zero-order chi connectivity index (χ0) is 16.2. The molecular formula is C14H18N4O3S. The number of nitrogens with zero attached hydrogens (tertiary/aromatic N) is 2. The number of aryl methyl sites for hydroxylation is 1. The second-order valence-electron chi connectivity index (χ2n) is 4.88. The van der Waals surface area contributed by atoms with Gasteiger partial charge in [0.2, 0.25) is 10.0 Å². The summed E-state index contributed by atoms with van der Waals surface area (Å²) in [4.78, 5) is 8.24. The Kier molecular flexibility index (Phi) is 5.19. The first-order valence-electron chi connectivity index (χ1n) is 6.68. The van der Waals surface area contributed by atoms with Crippen molar-refractivity contribution in [3.8, 4) is 0 Å². The number of aliphatic hydroxyl groups excluding tert-OH is 1. The van der Waals surface area contributed by atoms with E-state index in [2.05, 4.69) is 15.3 Å². The molecule has 0 radical (unpaired) electrons. The third kappa shape index (κ3) is 4.57. The van der Waals surface area contributed by atoms with Crippen molar-refractivity contribution in [1.82, 2.24) is 15.3 Å². The van der Waals surface area contributed by atoms with Crippen LogP contribution >= 0.6 is 0 Å². The number of nitrogens with two attached hydrogens (primary N) is 1. The molecule has 7 nitrogen and oxygen atoms in total. The Bertz CT molecular complexity index is 715. The molecule has 1 heterocycles. The second-order valence-corrected chi connectivity index (χ2v) is 6.44. The highest BCUT2D eigenvalue weighted by Crippen LogP contribution is 2.10. The first-order chi connectivity index (χ1) is 10.4. The summed E-state index contributed by atoms with van der Waals surface area (Å²) in [7, 11) is -3.66. The van der Waals surface area contributed by atoms with Gasteiger partial charge in [-0.1, -0.05) is 12.1 Å². The van der Waals surface area contributed by atoms with Gasteiger partial charge in [-0.15, -0.1) is 0 Å². The van der Waals surface area contributed by atoms with Gasteiger partial charge in [-0.25, -0.2) is 13.6 Å². The molecule has 118 valence electrons. The number of primary sulfonamides is 1. The van der Waals surface area contributed by atoms with Gasteiger partial charge in [-0.2, -0.15) is 0 Å². The lowest BCUT2D eigenvalue weighted by molar-refractivity contribution is 0.135. The molecule has 1 unspecified atom stereocenters. The van der Waals surface area contributed by atoms with Crippen LogP contribution in [0.15, 0.2) is 41.6 Å². The fraction of sp³-hybridized carbons (Fsp3) is 0.286. The molecule has 0 spiro atoms. The number of aromatic nitrogens is 2. The fourth-order valence-corrected chi connectivity index (χ4v) is 2.36. The zero-order valence-electron chi connectivity index (χ0n) is 12.1. The van der Waals surface area contributed by atoms with Crippen molar-refractivity contribution < 1.29 is 13.5 Å². The van der Waals surface area contributed by atoms with Crippen molar-refractivity contribution in [2.45, 2.75) is 24.5 Å². The van der Waals surface area contributed by atoms with E-state index in [1.807, 2.05) is 6.92 Å². The quantitative estimate of drug-likeness (QED) is 0.656. The van der Waals surface area contributed by atoms with Gasteiger partial charge in [0.05, 0.1) is 16.8 Å². The van der Waals surface area contributed by atoms with E-state index >= 15 is 0 Å². The molecule has 4 N–H and O–H groups in total. The lowest BCUT2D eigenvalue weighted by Crippen LogP contribution is -2.24. The molecule has 0 aliphatic rings. The van der Waals surface area contributed by atoms with Crippen LogP contribution in [-0.2, 0) is 16.4 Å².